The fourth-order valence-electron chi connectivity index (χ4n) is 2.98. The molecule has 4 heteroatoms. The van der Waals surface area contributed by atoms with E-state index in [-0.39, 0.29) is 12.0 Å². The molecule has 0 radical (unpaired) electrons. The van der Waals surface area contributed by atoms with Crippen molar-refractivity contribution in [2.45, 2.75) is 65.0 Å². The standard InChI is InChI=1S/C15H30N2O2/c1-4-16(5-2)15(19)12-17(11-13(3)18)14-9-7-6-8-10-14/h13-14,18H,4-12H2,1-3H3. The minimum Gasteiger partial charge on any atom is -0.392 e. The number of carbonyl (C=O) groups is 1. The molecule has 1 atom stereocenters. The maximum Gasteiger partial charge on any atom is 0.236 e. The summed E-state index contributed by atoms with van der Waals surface area (Å²) in [5.41, 5.74) is 0. The molecule has 1 unspecified atom stereocenters. The molecule has 0 heterocycles. The van der Waals surface area contributed by atoms with Crippen molar-refractivity contribution in [1.82, 2.24) is 9.80 Å². The Morgan fingerprint density at radius 3 is 2.26 bits per heavy atom. The third-order valence-electron chi connectivity index (χ3n) is 4.04. The van der Waals surface area contributed by atoms with Crippen molar-refractivity contribution in [3.63, 3.8) is 0 Å². The van der Waals surface area contributed by atoms with Crippen molar-refractivity contribution in [1.29, 1.82) is 0 Å². The zero-order valence-corrected chi connectivity index (χ0v) is 12.8. The Morgan fingerprint density at radius 2 is 1.79 bits per heavy atom. The molecule has 0 aliphatic heterocycles. The van der Waals surface area contributed by atoms with Crippen LogP contribution in [0.1, 0.15) is 52.9 Å². The Balaban J connectivity index is 2.59. The first-order valence-corrected chi connectivity index (χ1v) is 7.78. The number of nitrogens with zero attached hydrogens (tertiary/aromatic N) is 2. The summed E-state index contributed by atoms with van der Waals surface area (Å²) in [7, 11) is 0. The molecule has 1 N–H and O–H groups in total. The van der Waals surface area contributed by atoms with Crippen molar-refractivity contribution >= 4 is 5.91 Å². The Bertz CT molecular complexity index is 259. The van der Waals surface area contributed by atoms with Crippen LogP contribution in [0.3, 0.4) is 0 Å². The second kappa shape index (κ2) is 8.54. The first-order valence-electron chi connectivity index (χ1n) is 7.78. The lowest BCUT2D eigenvalue weighted by Gasteiger charge is -2.35. The van der Waals surface area contributed by atoms with E-state index in [4.69, 9.17) is 0 Å². The topological polar surface area (TPSA) is 43.8 Å². The van der Waals surface area contributed by atoms with Gasteiger partial charge < -0.3 is 10.0 Å². The lowest BCUT2D eigenvalue weighted by Crippen LogP contribution is -2.47. The van der Waals surface area contributed by atoms with Crippen molar-refractivity contribution in [3.8, 4) is 0 Å². The molecule has 1 rings (SSSR count). The fraction of sp³-hybridized carbons (Fsp3) is 0.933. The molecule has 0 spiro atoms. The number of hydrogen-bond acceptors (Lipinski definition) is 3. The lowest BCUT2D eigenvalue weighted by molar-refractivity contribution is -0.133. The first kappa shape index (κ1) is 16.4. The number of aliphatic hydroxyl groups excluding tert-OH is 1. The number of likely N-dealkylation sites (N-methyl/N-ethyl adjacent to an activating group) is 1. The van der Waals surface area contributed by atoms with Crippen molar-refractivity contribution in [3.05, 3.63) is 0 Å². The van der Waals surface area contributed by atoms with Crippen molar-refractivity contribution in [2.75, 3.05) is 26.2 Å². The van der Waals surface area contributed by atoms with E-state index in [1.807, 2.05) is 18.7 Å². The SMILES string of the molecule is CCN(CC)C(=O)CN(CC(C)O)C1CCCCC1. The minimum atomic E-state index is -0.369. The van der Waals surface area contributed by atoms with Gasteiger partial charge in [0, 0.05) is 25.7 Å². The van der Waals surface area contributed by atoms with E-state index in [0.29, 0.717) is 19.1 Å². The molecule has 0 aromatic rings. The third-order valence-corrected chi connectivity index (χ3v) is 4.04. The van der Waals surface area contributed by atoms with Gasteiger partial charge in [0.15, 0.2) is 0 Å². The highest BCUT2D eigenvalue weighted by molar-refractivity contribution is 5.78. The van der Waals surface area contributed by atoms with Gasteiger partial charge in [0.25, 0.3) is 0 Å². The number of carbonyl (C=O) groups excluding carboxylic acids is 1. The van der Waals surface area contributed by atoms with Crippen LogP contribution in [0.5, 0.6) is 0 Å². The molecule has 19 heavy (non-hydrogen) atoms. The second-order valence-corrected chi connectivity index (χ2v) is 5.64. The van der Waals surface area contributed by atoms with Crippen LogP contribution in [-0.2, 0) is 4.79 Å². The molecule has 112 valence electrons. The number of hydrogen-bond donors (Lipinski definition) is 1. The van der Waals surface area contributed by atoms with Crippen LogP contribution in [-0.4, -0.2) is 59.1 Å². The summed E-state index contributed by atoms with van der Waals surface area (Å²) < 4.78 is 0. The van der Waals surface area contributed by atoms with Crippen LogP contribution >= 0.6 is 0 Å². The predicted molar refractivity (Wildman–Crippen MR) is 78.1 cm³/mol. The van der Waals surface area contributed by atoms with Crippen LogP contribution in [0.4, 0.5) is 0 Å². The average Bonchev–Trinajstić information content (AvgIpc) is 2.40. The maximum atomic E-state index is 12.2. The summed E-state index contributed by atoms with van der Waals surface area (Å²) in [4.78, 5) is 16.3. The maximum absolute atomic E-state index is 12.2. The molecule has 1 saturated carbocycles. The van der Waals surface area contributed by atoms with Gasteiger partial charge in [-0.05, 0) is 33.6 Å². The average molecular weight is 270 g/mol. The lowest BCUT2D eigenvalue weighted by atomic mass is 9.94. The van der Waals surface area contributed by atoms with Crippen LogP contribution < -0.4 is 0 Å². The largest absolute Gasteiger partial charge is 0.392 e. The van der Waals surface area contributed by atoms with E-state index in [2.05, 4.69) is 4.90 Å². The van der Waals surface area contributed by atoms with Gasteiger partial charge in [0.1, 0.15) is 0 Å². The molecule has 0 aromatic heterocycles. The predicted octanol–water partition coefficient (Wildman–Crippen LogP) is 1.87. The van der Waals surface area contributed by atoms with E-state index in [0.717, 1.165) is 25.9 Å². The highest BCUT2D eigenvalue weighted by atomic mass is 16.3. The van der Waals surface area contributed by atoms with Crippen LogP contribution in [0.15, 0.2) is 0 Å². The summed E-state index contributed by atoms with van der Waals surface area (Å²) in [5.74, 6) is 0.191. The number of aliphatic hydroxyl groups is 1. The van der Waals surface area contributed by atoms with Gasteiger partial charge in [-0.2, -0.15) is 0 Å². The van der Waals surface area contributed by atoms with Crippen LogP contribution in [0.2, 0.25) is 0 Å². The number of rotatable bonds is 7. The zero-order chi connectivity index (χ0) is 14.3. The number of amides is 1. The Kier molecular flexibility index (Phi) is 7.39. The molecule has 0 saturated heterocycles. The van der Waals surface area contributed by atoms with Crippen LogP contribution in [0.25, 0.3) is 0 Å². The Labute approximate surface area is 117 Å². The summed E-state index contributed by atoms with van der Waals surface area (Å²) in [5, 5.41) is 9.65. The summed E-state index contributed by atoms with van der Waals surface area (Å²) in [6, 6.07) is 0.475. The van der Waals surface area contributed by atoms with Gasteiger partial charge in [0.2, 0.25) is 5.91 Å². The Morgan fingerprint density at radius 1 is 1.21 bits per heavy atom. The summed E-state index contributed by atoms with van der Waals surface area (Å²) in [6.07, 6.45) is 5.77. The molecule has 1 fully saturated rings. The smallest absolute Gasteiger partial charge is 0.236 e. The molecule has 0 aromatic carbocycles. The van der Waals surface area contributed by atoms with E-state index < -0.39 is 0 Å². The third kappa shape index (κ3) is 5.49. The normalized spacial score (nSPS) is 18.6. The molecular weight excluding hydrogens is 240 g/mol. The molecule has 1 aliphatic carbocycles. The van der Waals surface area contributed by atoms with Gasteiger partial charge in [-0.15, -0.1) is 0 Å². The van der Waals surface area contributed by atoms with Gasteiger partial charge in [-0.25, -0.2) is 0 Å². The van der Waals surface area contributed by atoms with E-state index >= 15 is 0 Å². The second-order valence-electron chi connectivity index (χ2n) is 5.64. The summed E-state index contributed by atoms with van der Waals surface area (Å²) in [6.45, 7) is 8.43. The molecule has 4 nitrogen and oxygen atoms in total. The summed E-state index contributed by atoms with van der Waals surface area (Å²) >= 11 is 0. The minimum absolute atomic E-state index is 0.191. The van der Waals surface area contributed by atoms with Crippen molar-refractivity contribution < 1.29 is 9.90 Å². The van der Waals surface area contributed by atoms with Crippen molar-refractivity contribution in [2.24, 2.45) is 0 Å². The quantitative estimate of drug-likeness (QED) is 0.768. The molecule has 0 bridgehead atoms. The van der Waals surface area contributed by atoms with E-state index in [1.54, 1.807) is 6.92 Å². The fourth-order valence-corrected chi connectivity index (χ4v) is 2.98. The van der Waals surface area contributed by atoms with Crippen LogP contribution in [0, 0.1) is 0 Å². The monoisotopic (exact) mass is 270 g/mol. The first-order chi connectivity index (χ1) is 9.08. The van der Waals surface area contributed by atoms with Gasteiger partial charge in [0.05, 0.1) is 12.6 Å². The molecule has 1 aliphatic rings. The van der Waals surface area contributed by atoms with Gasteiger partial charge in [-0.1, -0.05) is 19.3 Å². The van der Waals surface area contributed by atoms with Gasteiger partial charge in [-0.3, -0.25) is 9.69 Å². The zero-order valence-electron chi connectivity index (χ0n) is 12.8. The highest BCUT2D eigenvalue weighted by Gasteiger charge is 2.25. The highest BCUT2D eigenvalue weighted by Crippen LogP contribution is 2.22. The Hall–Kier alpha value is -0.610. The van der Waals surface area contributed by atoms with E-state index in [1.165, 1.54) is 19.3 Å². The van der Waals surface area contributed by atoms with E-state index in [9.17, 15) is 9.90 Å². The van der Waals surface area contributed by atoms with Gasteiger partial charge >= 0.3 is 0 Å². The molecule has 1 amide bonds. The molecular formula is C15H30N2O2.